The van der Waals surface area contributed by atoms with Gasteiger partial charge in [0.15, 0.2) is 0 Å². The Labute approximate surface area is 288 Å². The Morgan fingerprint density at radius 2 is 1.73 bits per heavy atom. The molecule has 9 nitrogen and oxygen atoms in total. The minimum atomic E-state index is -1.05. The van der Waals surface area contributed by atoms with E-state index >= 15 is 0 Å². The number of rotatable bonds is 8. The molecule has 3 N–H and O–H groups in total. The van der Waals surface area contributed by atoms with Gasteiger partial charge < -0.3 is 34.6 Å². The molecule has 0 bridgehead atoms. The van der Waals surface area contributed by atoms with E-state index in [4.69, 9.17) is 14.2 Å². The molecular formula is C39H64N2O7. The Balaban J connectivity index is 1.10. The van der Waals surface area contributed by atoms with Crippen molar-refractivity contribution in [1.29, 1.82) is 0 Å². The Morgan fingerprint density at radius 3 is 2.38 bits per heavy atom. The summed E-state index contributed by atoms with van der Waals surface area (Å²) in [5, 5.41) is 26.8. The first-order valence-corrected chi connectivity index (χ1v) is 19.2. The topological polar surface area (TPSA) is 118 Å². The van der Waals surface area contributed by atoms with Gasteiger partial charge in [-0.1, -0.05) is 48.5 Å². The Kier molecular flexibility index (Phi) is 8.23. The number of carbonyl (C=O) groups excluding carboxylic acids is 2. The number of amides is 2. The Morgan fingerprint density at radius 1 is 1.06 bits per heavy atom. The molecule has 2 aliphatic heterocycles. The molecule has 7 aliphatic rings. The zero-order valence-corrected chi connectivity index (χ0v) is 31.1. The molecule has 7 rings (SSSR count). The van der Waals surface area contributed by atoms with Crippen LogP contribution < -0.4 is 5.32 Å². The summed E-state index contributed by atoms with van der Waals surface area (Å²) in [6.07, 6.45) is 7.25. The number of nitrogens with one attached hydrogen (secondary N) is 1. The summed E-state index contributed by atoms with van der Waals surface area (Å²) in [7, 11) is 0. The number of likely N-dealkylation sites (tertiary alicyclic amines) is 1. The first-order chi connectivity index (χ1) is 22.4. The van der Waals surface area contributed by atoms with Crippen LogP contribution in [0.4, 0.5) is 4.79 Å². The van der Waals surface area contributed by atoms with Gasteiger partial charge in [-0.25, -0.2) is 4.79 Å². The minimum absolute atomic E-state index is 0.0303. The summed E-state index contributed by atoms with van der Waals surface area (Å²) in [5.41, 5.74) is -1.05. The van der Waals surface area contributed by atoms with Gasteiger partial charge in [-0.15, -0.1) is 0 Å². The summed E-state index contributed by atoms with van der Waals surface area (Å²) in [6.45, 7) is 21.4. The average molecular weight is 673 g/mol. The number of aliphatic hydroxyl groups is 2. The van der Waals surface area contributed by atoms with Crippen molar-refractivity contribution < 1.29 is 34.0 Å². The molecule has 0 radical (unpaired) electrons. The van der Waals surface area contributed by atoms with Gasteiger partial charge >= 0.3 is 6.09 Å². The van der Waals surface area contributed by atoms with Crippen molar-refractivity contribution in [3.63, 3.8) is 0 Å². The number of nitrogens with zero attached hydrogens (tertiary/aromatic N) is 1. The lowest BCUT2D eigenvalue weighted by Crippen LogP contribution is -2.61. The quantitative estimate of drug-likeness (QED) is 0.290. The van der Waals surface area contributed by atoms with Gasteiger partial charge in [-0.2, -0.15) is 0 Å². The molecule has 5 aliphatic carbocycles. The molecule has 0 aromatic carbocycles. The summed E-state index contributed by atoms with van der Waals surface area (Å²) >= 11 is 0. The second-order valence-electron chi connectivity index (χ2n) is 19.7. The second-order valence-corrected chi connectivity index (χ2v) is 19.7. The first-order valence-electron chi connectivity index (χ1n) is 19.2. The predicted octanol–water partition coefficient (Wildman–Crippen LogP) is 5.55. The highest BCUT2D eigenvalue weighted by Gasteiger charge is 2.84. The van der Waals surface area contributed by atoms with Gasteiger partial charge in [-0.3, -0.25) is 4.79 Å². The van der Waals surface area contributed by atoms with Gasteiger partial charge in [-0.05, 0) is 111 Å². The highest BCUT2D eigenvalue weighted by Crippen LogP contribution is 2.89. The summed E-state index contributed by atoms with van der Waals surface area (Å²) in [4.78, 5) is 25.5. The Hall–Kier alpha value is -1.42. The normalized spacial score (nSPS) is 48.2. The van der Waals surface area contributed by atoms with Crippen LogP contribution >= 0.6 is 0 Å². The first kappa shape index (κ1) is 35.0. The fourth-order valence-corrected chi connectivity index (χ4v) is 13.8. The lowest BCUT2D eigenvalue weighted by atomic mass is 9.41. The smallest absolute Gasteiger partial charge is 0.407 e. The van der Waals surface area contributed by atoms with E-state index in [2.05, 4.69) is 53.8 Å². The summed E-state index contributed by atoms with van der Waals surface area (Å²) < 4.78 is 19.5. The van der Waals surface area contributed by atoms with Gasteiger partial charge in [0.25, 0.3) is 0 Å². The summed E-state index contributed by atoms with van der Waals surface area (Å²) in [6, 6.07) is -0.0303. The van der Waals surface area contributed by atoms with Crippen molar-refractivity contribution >= 4 is 12.5 Å². The van der Waals surface area contributed by atoms with E-state index in [0.29, 0.717) is 43.4 Å². The van der Waals surface area contributed by atoms with Crippen LogP contribution in [0, 0.1) is 56.7 Å². The van der Waals surface area contributed by atoms with E-state index in [1.54, 1.807) is 4.90 Å². The van der Waals surface area contributed by atoms with Crippen molar-refractivity contribution in [1.82, 2.24) is 10.2 Å². The number of hydrogen-bond acceptors (Lipinski definition) is 7. The number of aliphatic hydroxyl groups excluding tert-OH is 1. The SMILES string of the molecule is CC(C)CO[C@@H](C1C[C@@H](C)[C@H]2C(O1)[C@H](O)[C@@]1(C)C3CC[C@H]4C(C)(C)C(OC(=O)NC5CN(C=O)C5)CC[C@@]45C[C@@]35CC[C@]21C)C(C)(C)O. The molecule has 2 spiro atoms. The molecule has 0 aromatic rings. The standard InChI is InChI=1S/C39H64N2O7/c1-22(2)19-46-32(35(6,7)45)25-16-23(3)29-30(47-25)31(43)37(9)27-11-10-26-34(4,5)28(48-33(44)40-24-17-41(18-24)21-42)12-13-38(26)20-39(27,38)15-14-36(29,37)8/h21-32,43,45H,10-20H2,1-9H3,(H,40,44)/t23-,25?,26+,27?,28?,29+,30?,31+,32+,36-,37-,38-,39+/m1/s1. The van der Waals surface area contributed by atoms with Gasteiger partial charge in [0, 0.05) is 30.5 Å². The van der Waals surface area contributed by atoms with Crippen molar-refractivity contribution in [2.75, 3.05) is 19.7 Å². The maximum absolute atomic E-state index is 12.9. The third-order valence-corrected chi connectivity index (χ3v) is 16.0. The molecule has 272 valence electrons. The number of fused-ring (bicyclic) bond motifs is 4. The second kappa shape index (κ2) is 11.3. The molecule has 0 aromatic heterocycles. The van der Waals surface area contributed by atoms with Crippen molar-refractivity contribution in [3.05, 3.63) is 0 Å². The highest BCUT2D eigenvalue weighted by molar-refractivity contribution is 5.68. The third-order valence-electron chi connectivity index (χ3n) is 16.0. The largest absolute Gasteiger partial charge is 0.446 e. The van der Waals surface area contributed by atoms with E-state index in [-0.39, 0.29) is 63.4 Å². The molecule has 2 saturated heterocycles. The highest BCUT2D eigenvalue weighted by atomic mass is 16.6. The molecule has 13 atom stereocenters. The van der Waals surface area contributed by atoms with E-state index in [9.17, 15) is 19.8 Å². The fourth-order valence-electron chi connectivity index (χ4n) is 13.8. The fraction of sp³-hybridized carbons (Fsp3) is 0.949. The zero-order valence-electron chi connectivity index (χ0n) is 31.1. The van der Waals surface area contributed by atoms with Crippen LogP contribution in [0.2, 0.25) is 0 Å². The van der Waals surface area contributed by atoms with Crippen LogP contribution in [0.1, 0.15) is 114 Å². The molecule has 9 heteroatoms. The molecule has 2 amide bonds. The van der Waals surface area contributed by atoms with Crippen LogP contribution in [-0.4, -0.2) is 89.5 Å². The molecule has 4 unspecified atom stereocenters. The molecule has 5 saturated carbocycles. The van der Waals surface area contributed by atoms with Gasteiger partial charge in [0.05, 0.1) is 30.0 Å². The number of alkyl carbamates (subject to hydrolysis) is 1. The van der Waals surface area contributed by atoms with Crippen molar-refractivity contribution in [2.24, 2.45) is 56.7 Å². The van der Waals surface area contributed by atoms with Crippen LogP contribution in [-0.2, 0) is 19.0 Å². The monoisotopic (exact) mass is 672 g/mol. The van der Waals surface area contributed by atoms with Gasteiger partial charge in [0.2, 0.25) is 6.41 Å². The number of carbonyl (C=O) groups is 2. The predicted molar refractivity (Wildman–Crippen MR) is 182 cm³/mol. The van der Waals surface area contributed by atoms with Crippen molar-refractivity contribution in [3.8, 4) is 0 Å². The third kappa shape index (κ3) is 4.74. The van der Waals surface area contributed by atoms with Gasteiger partial charge in [0.1, 0.15) is 12.2 Å². The van der Waals surface area contributed by atoms with Crippen LogP contribution in [0.5, 0.6) is 0 Å². The molecule has 7 fully saturated rings. The van der Waals surface area contributed by atoms with E-state index < -0.39 is 17.8 Å². The Bertz CT molecular complexity index is 1280. The maximum Gasteiger partial charge on any atom is 0.407 e. The van der Waals surface area contributed by atoms with E-state index in [1.165, 1.54) is 12.8 Å². The van der Waals surface area contributed by atoms with Crippen LogP contribution in [0.3, 0.4) is 0 Å². The molecular weight excluding hydrogens is 608 g/mol. The van der Waals surface area contributed by atoms with E-state index in [0.717, 1.165) is 44.9 Å². The van der Waals surface area contributed by atoms with E-state index in [1.807, 2.05) is 13.8 Å². The van der Waals surface area contributed by atoms with Crippen LogP contribution in [0.15, 0.2) is 0 Å². The zero-order chi connectivity index (χ0) is 34.8. The number of ether oxygens (including phenoxy) is 3. The summed E-state index contributed by atoms with van der Waals surface area (Å²) in [5.74, 6) is 1.86. The number of hydrogen-bond donors (Lipinski definition) is 3. The lowest BCUT2D eigenvalue weighted by Gasteiger charge is -2.63. The molecule has 2 heterocycles. The lowest BCUT2D eigenvalue weighted by molar-refractivity contribution is -0.218. The van der Waals surface area contributed by atoms with Crippen molar-refractivity contribution in [2.45, 2.75) is 156 Å². The van der Waals surface area contributed by atoms with Crippen LogP contribution in [0.25, 0.3) is 0 Å². The maximum atomic E-state index is 12.9. The minimum Gasteiger partial charge on any atom is -0.446 e. The molecule has 48 heavy (non-hydrogen) atoms. The average Bonchev–Trinajstić information content (AvgIpc) is 3.60.